The van der Waals surface area contributed by atoms with Crippen molar-refractivity contribution in [1.82, 2.24) is 0 Å². The summed E-state index contributed by atoms with van der Waals surface area (Å²) in [7, 11) is -10.1. The van der Waals surface area contributed by atoms with E-state index in [1.807, 2.05) is 6.08 Å². The van der Waals surface area contributed by atoms with Crippen molar-refractivity contribution in [1.29, 1.82) is 0 Å². The molecule has 0 bridgehead atoms. The molecule has 0 fully saturated rings. The lowest BCUT2D eigenvalue weighted by atomic mass is 10.1. The Kier molecular flexibility index (Phi) is 14.2. The van der Waals surface area contributed by atoms with Crippen LogP contribution in [0.15, 0.2) is 12.7 Å². The van der Waals surface area contributed by atoms with Gasteiger partial charge in [-0.2, -0.15) is 4.31 Å². The molecule has 0 amide bonds. The maximum atomic E-state index is 9.63. The fraction of sp³-hybridized carbons (Fsp3) is 0.818. The Morgan fingerprint density at radius 2 is 1.30 bits per heavy atom. The van der Waals surface area contributed by atoms with Crippen molar-refractivity contribution in [2.45, 2.75) is 58.3 Å². The second-order valence-electron chi connectivity index (χ2n) is 4.26. The van der Waals surface area contributed by atoms with Gasteiger partial charge in [0.1, 0.15) is 0 Å². The first kappa shape index (κ1) is 22.3. The fourth-order valence-corrected chi connectivity index (χ4v) is 2.49. The summed E-state index contributed by atoms with van der Waals surface area (Å²) in [6, 6.07) is 0. The van der Waals surface area contributed by atoms with Crippen LogP contribution in [0.1, 0.15) is 58.3 Å². The molecule has 0 aliphatic carbocycles. The summed E-state index contributed by atoms with van der Waals surface area (Å²) in [5.41, 5.74) is 0. The van der Waals surface area contributed by atoms with Gasteiger partial charge in [0.2, 0.25) is 0 Å². The van der Waals surface area contributed by atoms with Crippen LogP contribution >= 0.6 is 15.6 Å². The lowest BCUT2D eigenvalue weighted by molar-refractivity contribution is 0.225. The molecular weight excluding hydrogens is 306 g/mol. The van der Waals surface area contributed by atoms with E-state index < -0.39 is 15.6 Å². The molecule has 122 valence electrons. The number of allylic oxidation sites excluding steroid dienone is 1. The third-order valence-electron chi connectivity index (χ3n) is 2.22. The van der Waals surface area contributed by atoms with Gasteiger partial charge in [0.05, 0.1) is 0 Å². The molecule has 0 spiro atoms. The lowest BCUT2D eigenvalue weighted by Gasteiger charge is -2.03. The van der Waals surface area contributed by atoms with Crippen LogP contribution in [-0.2, 0) is 13.4 Å². The predicted molar refractivity (Wildman–Crippen MR) is 78.0 cm³/mol. The average molecular weight is 332 g/mol. The first-order valence-electron chi connectivity index (χ1n) is 6.55. The topological polar surface area (TPSA) is 124 Å². The normalized spacial score (nSPS) is 11.7. The highest BCUT2D eigenvalue weighted by atomic mass is 31.3. The van der Waals surface area contributed by atoms with E-state index >= 15 is 0 Å². The van der Waals surface area contributed by atoms with Crippen LogP contribution in [0.4, 0.5) is 0 Å². The molecule has 0 aliphatic rings. The van der Waals surface area contributed by atoms with Gasteiger partial charge in [-0.15, -0.1) is 6.58 Å². The average Bonchev–Trinajstić information content (AvgIpc) is 2.24. The summed E-state index contributed by atoms with van der Waals surface area (Å²) in [5, 5.41) is 0. The van der Waals surface area contributed by atoms with Gasteiger partial charge in [0.25, 0.3) is 0 Å². The maximum absolute atomic E-state index is 9.63. The molecule has 20 heavy (non-hydrogen) atoms. The van der Waals surface area contributed by atoms with Crippen LogP contribution < -0.4 is 0 Å². The number of unbranched alkanes of at least 4 members (excludes halogenated alkanes) is 7. The van der Waals surface area contributed by atoms with E-state index in [2.05, 4.69) is 17.8 Å². The first-order chi connectivity index (χ1) is 9.12. The summed E-state index contributed by atoms with van der Waals surface area (Å²) < 4.78 is 22.2. The van der Waals surface area contributed by atoms with E-state index in [1.165, 1.54) is 51.4 Å². The largest absolute Gasteiger partial charge is 0.478 e. The minimum Gasteiger partial charge on any atom is -0.302 e. The third kappa shape index (κ3) is 26.5. The molecule has 0 saturated carbocycles. The molecule has 0 saturated heterocycles. The van der Waals surface area contributed by atoms with E-state index in [1.54, 1.807) is 0 Å². The zero-order valence-corrected chi connectivity index (χ0v) is 13.6. The molecule has 0 aromatic heterocycles. The first-order valence-corrected chi connectivity index (χ1v) is 9.61. The highest BCUT2D eigenvalue weighted by Gasteiger charge is 2.27. The maximum Gasteiger partial charge on any atom is 0.478 e. The smallest absolute Gasteiger partial charge is 0.302 e. The molecule has 0 atom stereocenters. The number of phosphoric acid groups is 2. The quantitative estimate of drug-likeness (QED) is 0.274. The lowest BCUT2D eigenvalue weighted by Crippen LogP contribution is -1.84. The van der Waals surface area contributed by atoms with Gasteiger partial charge in [-0.3, -0.25) is 0 Å². The molecule has 0 unspecified atom stereocenters. The molecule has 0 rings (SSSR count). The van der Waals surface area contributed by atoms with Crippen molar-refractivity contribution >= 4 is 15.6 Å². The standard InChI is InChI=1S/C11H22.H4O7P2/c1-3-5-7-9-11-10-8-6-4-2;1-8(2,3)7-9(4,5)6/h3H,1,4-11H2,2H3;(H2,1,2,3)(H2,4,5,6). The van der Waals surface area contributed by atoms with Gasteiger partial charge in [-0.25, -0.2) is 9.13 Å². The summed E-state index contributed by atoms with van der Waals surface area (Å²) in [4.78, 5) is 31.0. The van der Waals surface area contributed by atoms with E-state index in [-0.39, 0.29) is 0 Å². The van der Waals surface area contributed by atoms with Gasteiger partial charge in [-0.1, -0.05) is 51.5 Å². The Morgan fingerprint density at radius 3 is 1.60 bits per heavy atom. The van der Waals surface area contributed by atoms with Crippen LogP contribution in [0.3, 0.4) is 0 Å². The highest BCUT2D eigenvalue weighted by Crippen LogP contribution is 2.53. The Balaban J connectivity index is 0. The second-order valence-corrected chi connectivity index (χ2v) is 6.88. The summed E-state index contributed by atoms with van der Waals surface area (Å²) >= 11 is 0. The number of rotatable bonds is 10. The minimum absolute atomic E-state index is 1.20. The molecule has 0 aliphatic heterocycles. The Morgan fingerprint density at radius 1 is 0.900 bits per heavy atom. The molecule has 0 radical (unpaired) electrons. The Hall–Kier alpha value is -0.0000000000000000971. The van der Waals surface area contributed by atoms with Crippen molar-refractivity contribution in [2.24, 2.45) is 0 Å². The van der Waals surface area contributed by atoms with Crippen molar-refractivity contribution in [2.75, 3.05) is 0 Å². The van der Waals surface area contributed by atoms with Crippen LogP contribution in [0.2, 0.25) is 0 Å². The van der Waals surface area contributed by atoms with E-state index in [0.717, 1.165) is 0 Å². The Labute approximate surface area is 120 Å². The molecule has 7 nitrogen and oxygen atoms in total. The predicted octanol–water partition coefficient (Wildman–Crippen LogP) is 3.50. The van der Waals surface area contributed by atoms with Gasteiger partial charge < -0.3 is 19.6 Å². The minimum atomic E-state index is -5.05. The summed E-state index contributed by atoms with van der Waals surface area (Å²) in [5.74, 6) is 0. The van der Waals surface area contributed by atoms with Crippen molar-refractivity contribution in [3.8, 4) is 0 Å². The molecular formula is C11H26O7P2. The fourth-order valence-electron chi connectivity index (χ4n) is 1.38. The van der Waals surface area contributed by atoms with Gasteiger partial charge in [0, 0.05) is 0 Å². The number of hydrogen-bond acceptors (Lipinski definition) is 3. The molecule has 9 heteroatoms. The third-order valence-corrected chi connectivity index (χ3v) is 3.93. The highest BCUT2D eigenvalue weighted by molar-refractivity contribution is 7.60. The zero-order chi connectivity index (χ0) is 16.1. The van der Waals surface area contributed by atoms with Crippen LogP contribution in [0, 0.1) is 0 Å². The summed E-state index contributed by atoms with van der Waals surface area (Å²) in [6.45, 7) is 5.97. The monoisotopic (exact) mass is 332 g/mol. The van der Waals surface area contributed by atoms with E-state index in [9.17, 15) is 9.13 Å². The van der Waals surface area contributed by atoms with Crippen molar-refractivity contribution in [3.63, 3.8) is 0 Å². The van der Waals surface area contributed by atoms with E-state index in [4.69, 9.17) is 19.6 Å². The zero-order valence-electron chi connectivity index (χ0n) is 11.8. The van der Waals surface area contributed by atoms with Gasteiger partial charge in [0.15, 0.2) is 0 Å². The summed E-state index contributed by atoms with van der Waals surface area (Å²) in [6.07, 6.45) is 13.0. The second kappa shape index (κ2) is 12.7. The Bertz CT molecular complexity index is 301. The van der Waals surface area contributed by atoms with E-state index in [0.29, 0.717) is 0 Å². The SMILES string of the molecule is C=CCCCCCCCCC.O=P(O)(O)OP(=O)(O)O. The van der Waals surface area contributed by atoms with Gasteiger partial charge >= 0.3 is 15.6 Å². The molecule has 0 heterocycles. The molecule has 0 aromatic carbocycles. The molecule has 0 aromatic rings. The molecule has 4 N–H and O–H groups in total. The van der Waals surface area contributed by atoms with Gasteiger partial charge in [-0.05, 0) is 12.8 Å². The van der Waals surface area contributed by atoms with Crippen LogP contribution in [0.5, 0.6) is 0 Å². The van der Waals surface area contributed by atoms with Crippen LogP contribution in [-0.4, -0.2) is 19.6 Å². The van der Waals surface area contributed by atoms with Crippen molar-refractivity contribution in [3.05, 3.63) is 12.7 Å². The number of hydrogen-bond donors (Lipinski definition) is 4. The van der Waals surface area contributed by atoms with Crippen LogP contribution in [0.25, 0.3) is 0 Å². The van der Waals surface area contributed by atoms with Crippen molar-refractivity contribution < 1.29 is 33.0 Å².